The monoisotopic (exact) mass is 431 g/mol. The largest absolute Gasteiger partial charge is 0.381 e. The molecular formula is C18H30IN3O. The smallest absolute Gasteiger partial charge is 0.191 e. The molecule has 1 aromatic carbocycles. The molecule has 0 aromatic heterocycles. The van der Waals surface area contributed by atoms with E-state index in [9.17, 15) is 0 Å². The highest BCUT2D eigenvalue weighted by atomic mass is 127. The molecule has 1 atom stereocenters. The average Bonchev–Trinajstić information content (AvgIpc) is 2.54. The van der Waals surface area contributed by atoms with Gasteiger partial charge in [-0.2, -0.15) is 0 Å². The number of nitrogens with zero attached hydrogens (tertiary/aromatic N) is 2. The number of ether oxygens (including phenoxy) is 1. The van der Waals surface area contributed by atoms with E-state index >= 15 is 0 Å². The standard InChI is InChI=1S/C18H29N3O.HI/c1-16-7-5-12-21(15-16)18(19)20-11-6-13-22-14-10-17-8-3-2-4-9-17;/h2-4,8-9,16H,5-7,10-15H2,1H3,(H2,19,20);1H. The maximum absolute atomic E-state index is 6.06. The molecule has 0 bridgehead atoms. The molecule has 1 saturated heterocycles. The van der Waals surface area contributed by atoms with Crippen molar-refractivity contribution >= 4 is 29.9 Å². The molecule has 1 heterocycles. The lowest BCUT2D eigenvalue weighted by atomic mass is 10.0. The van der Waals surface area contributed by atoms with Crippen molar-refractivity contribution in [2.75, 3.05) is 32.8 Å². The van der Waals surface area contributed by atoms with Gasteiger partial charge in [0.25, 0.3) is 0 Å². The maximum Gasteiger partial charge on any atom is 0.191 e. The Hall–Kier alpha value is -0.820. The van der Waals surface area contributed by atoms with Crippen molar-refractivity contribution in [3.63, 3.8) is 0 Å². The van der Waals surface area contributed by atoms with Gasteiger partial charge in [0.05, 0.1) is 6.61 Å². The van der Waals surface area contributed by atoms with Crippen LogP contribution in [0.15, 0.2) is 35.3 Å². The third-order valence-corrected chi connectivity index (χ3v) is 4.08. The first-order valence-corrected chi connectivity index (χ1v) is 8.42. The maximum atomic E-state index is 6.06. The van der Waals surface area contributed by atoms with Gasteiger partial charge < -0.3 is 15.4 Å². The van der Waals surface area contributed by atoms with E-state index in [4.69, 9.17) is 10.5 Å². The van der Waals surface area contributed by atoms with Gasteiger partial charge in [-0.25, -0.2) is 0 Å². The molecule has 4 nitrogen and oxygen atoms in total. The molecular weight excluding hydrogens is 401 g/mol. The molecule has 5 heteroatoms. The number of halogens is 1. The van der Waals surface area contributed by atoms with Crippen molar-refractivity contribution in [1.82, 2.24) is 4.90 Å². The number of rotatable bonds is 7. The Bertz CT molecular complexity index is 453. The number of likely N-dealkylation sites (tertiary alicyclic amines) is 1. The number of hydrogen-bond donors (Lipinski definition) is 1. The minimum Gasteiger partial charge on any atom is -0.381 e. The van der Waals surface area contributed by atoms with Crippen LogP contribution in [0.2, 0.25) is 0 Å². The lowest BCUT2D eigenvalue weighted by Gasteiger charge is -2.31. The summed E-state index contributed by atoms with van der Waals surface area (Å²) in [6.07, 6.45) is 4.43. The van der Waals surface area contributed by atoms with Crippen LogP contribution in [0.3, 0.4) is 0 Å². The van der Waals surface area contributed by atoms with Crippen LogP contribution in [-0.2, 0) is 11.2 Å². The molecule has 2 N–H and O–H groups in total. The predicted molar refractivity (Wildman–Crippen MR) is 107 cm³/mol. The zero-order valence-corrected chi connectivity index (χ0v) is 16.4. The molecule has 1 aliphatic heterocycles. The van der Waals surface area contributed by atoms with Crippen LogP contribution in [0.1, 0.15) is 31.7 Å². The summed E-state index contributed by atoms with van der Waals surface area (Å²) in [5, 5.41) is 0. The normalized spacial score (nSPS) is 18.6. The summed E-state index contributed by atoms with van der Waals surface area (Å²) >= 11 is 0. The molecule has 1 aromatic rings. The van der Waals surface area contributed by atoms with Crippen LogP contribution in [-0.4, -0.2) is 43.7 Å². The van der Waals surface area contributed by atoms with Gasteiger partial charge in [0, 0.05) is 26.2 Å². The number of hydrogen-bond acceptors (Lipinski definition) is 2. The molecule has 23 heavy (non-hydrogen) atoms. The third-order valence-electron chi connectivity index (χ3n) is 4.08. The van der Waals surface area contributed by atoms with Crippen molar-refractivity contribution in [3.05, 3.63) is 35.9 Å². The Morgan fingerprint density at radius 3 is 2.83 bits per heavy atom. The summed E-state index contributed by atoms with van der Waals surface area (Å²) < 4.78 is 5.66. The van der Waals surface area contributed by atoms with E-state index in [1.54, 1.807) is 0 Å². The van der Waals surface area contributed by atoms with E-state index in [0.29, 0.717) is 5.96 Å². The van der Waals surface area contributed by atoms with Crippen molar-refractivity contribution in [3.8, 4) is 0 Å². The second-order valence-electron chi connectivity index (χ2n) is 6.13. The van der Waals surface area contributed by atoms with Crippen LogP contribution in [0, 0.1) is 5.92 Å². The molecule has 1 aliphatic rings. The molecule has 130 valence electrons. The Morgan fingerprint density at radius 2 is 2.09 bits per heavy atom. The van der Waals surface area contributed by atoms with Gasteiger partial charge in [0.2, 0.25) is 0 Å². The van der Waals surface area contributed by atoms with Crippen LogP contribution >= 0.6 is 24.0 Å². The minimum absolute atomic E-state index is 0. The fourth-order valence-electron chi connectivity index (χ4n) is 2.79. The zero-order valence-electron chi connectivity index (χ0n) is 14.1. The second-order valence-corrected chi connectivity index (χ2v) is 6.13. The Balaban J connectivity index is 0.00000264. The molecule has 0 aliphatic carbocycles. The highest BCUT2D eigenvalue weighted by Gasteiger charge is 2.17. The SMILES string of the molecule is CC1CCCN(C(N)=NCCCOCCc2ccccc2)C1.I. The van der Waals surface area contributed by atoms with E-state index < -0.39 is 0 Å². The van der Waals surface area contributed by atoms with Gasteiger partial charge >= 0.3 is 0 Å². The predicted octanol–water partition coefficient (Wildman–Crippen LogP) is 3.30. The van der Waals surface area contributed by atoms with Crippen LogP contribution in [0.25, 0.3) is 0 Å². The highest BCUT2D eigenvalue weighted by molar-refractivity contribution is 14.0. The summed E-state index contributed by atoms with van der Waals surface area (Å²) in [5.74, 6) is 1.43. The van der Waals surface area contributed by atoms with Gasteiger partial charge in [0.1, 0.15) is 0 Å². The number of nitrogens with two attached hydrogens (primary N) is 1. The van der Waals surface area contributed by atoms with Gasteiger partial charge in [-0.05, 0) is 37.2 Å². The molecule has 0 radical (unpaired) electrons. The fourth-order valence-corrected chi connectivity index (χ4v) is 2.79. The molecule has 0 saturated carbocycles. The first kappa shape index (κ1) is 20.2. The molecule has 1 unspecified atom stereocenters. The second kappa shape index (κ2) is 11.7. The van der Waals surface area contributed by atoms with Gasteiger partial charge in [0.15, 0.2) is 5.96 Å². The molecule has 1 fully saturated rings. The highest BCUT2D eigenvalue weighted by Crippen LogP contribution is 2.14. The fraction of sp³-hybridized carbons (Fsp3) is 0.611. The first-order valence-electron chi connectivity index (χ1n) is 8.42. The number of guanidine groups is 1. The van der Waals surface area contributed by atoms with Crippen molar-refractivity contribution in [1.29, 1.82) is 0 Å². The summed E-state index contributed by atoms with van der Waals surface area (Å²) in [6.45, 7) is 6.64. The van der Waals surface area contributed by atoms with Gasteiger partial charge in [-0.3, -0.25) is 4.99 Å². The zero-order chi connectivity index (χ0) is 15.6. The summed E-state index contributed by atoms with van der Waals surface area (Å²) in [7, 11) is 0. The van der Waals surface area contributed by atoms with Crippen molar-refractivity contribution in [2.24, 2.45) is 16.6 Å². The van der Waals surface area contributed by atoms with E-state index in [2.05, 4.69) is 41.1 Å². The summed E-state index contributed by atoms with van der Waals surface area (Å²) in [6, 6.07) is 10.4. The topological polar surface area (TPSA) is 50.8 Å². The summed E-state index contributed by atoms with van der Waals surface area (Å²) in [5.41, 5.74) is 7.39. The van der Waals surface area contributed by atoms with E-state index in [0.717, 1.165) is 51.6 Å². The number of piperidine rings is 1. The van der Waals surface area contributed by atoms with Crippen molar-refractivity contribution < 1.29 is 4.74 Å². The lowest BCUT2D eigenvalue weighted by molar-refractivity contribution is 0.136. The van der Waals surface area contributed by atoms with E-state index in [1.165, 1.54) is 18.4 Å². The Morgan fingerprint density at radius 1 is 1.30 bits per heavy atom. The third kappa shape index (κ3) is 8.01. The first-order chi connectivity index (χ1) is 10.8. The quantitative estimate of drug-likeness (QED) is 0.312. The Labute approximate surface area is 157 Å². The molecule has 2 rings (SSSR count). The lowest BCUT2D eigenvalue weighted by Crippen LogP contribution is -2.43. The van der Waals surface area contributed by atoms with Gasteiger partial charge in [-0.15, -0.1) is 24.0 Å². The van der Waals surface area contributed by atoms with Crippen LogP contribution in [0.4, 0.5) is 0 Å². The average molecular weight is 431 g/mol. The van der Waals surface area contributed by atoms with Gasteiger partial charge in [-0.1, -0.05) is 37.3 Å². The number of aliphatic imine (C=N–C) groups is 1. The van der Waals surface area contributed by atoms with E-state index in [1.807, 2.05) is 6.07 Å². The molecule has 0 spiro atoms. The Kier molecular flexibility index (Phi) is 10.3. The minimum atomic E-state index is 0. The summed E-state index contributed by atoms with van der Waals surface area (Å²) in [4.78, 5) is 6.69. The van der Waals surface area contributed by atoms with Crippen LogP contribution < -0.4 is 5.73 Å². The van der Waals surface area contributed by atoms with Crippen LogP contribution in [0.5, 0.6) is 0 Å². The van der Waals surface area contributed by atoms with Crippen molar-refractivity contribution in [2.45, 2.75) is 32.6 Å². The molecule has 0 amide bonds. The number of benzene rings is 1. The van der Waals surface area contributed by atoms with E-state index in [-0.39, 0.29) is 24.0 Å².